The Balaban J connectivity index is 1.42. The van der Waals surface area contributed by atoms with Crippen LogP contribution in [0.1, 0.15) is 44.2 Å². The Labute approximate surface area is 131 Å². The summed E-state index contributed by atoms with van der Waals surface area (Å²) in [5, 5.41) is 16.4. The average molecular weight is 309 g/mol. The summed E-state index contributed by atoms with van der Waals surface area (Å²) in [5.74, 6) is 0.554. The second-order valence-corrected chi connectivity index (χ2v) is 7.44. The van der Waals surface area contributed by atoms with E-state index in [9.17, 15) is 5.11 Å². The van der Waals surface area contributed by atoms with Crippen LogP contribution in [0.3, 0.4) is 0 Å². The molecule has 0 amide bonds. The van der Waals surface area contributed by atoms with Crippen LogP contribution in [0.5, 0.6) is 0 Å². The summed E-state index contributed by atoms with van der Waals surface area (Å²) in [5.41, 5.74) is 1.14. The summed E-state index contributed by atoms with van der Waals surface area (Å²) in [7, 11) is 0. The van der Waals surface area contributed by atoms with E-state index in [1.165, 1.54) is 43.7 Å². The molecule has 1 saturated carbocycles. The lowest BCUT2D eigenvalue weighted by atomic mass is 9.86. The van der Waals surface area contributed by atoms with Crippen LogP contribution in [0.15, 0.2) is 5.38 Å². The van der Waals surface area contributed by atoms with E-state index in [1.54, 1.807) is 11.3 Å². The fraction of sp³-hybridized carbons (Fsp3) is 0.812. The lowest BCUT2D eigenvalue weighted by molar-refractivity contribution is 0.169. The topological polar surface area (TPSA) is 48.4 Å². The van der Waals surface area contributed by atoms with Crippen molar-refractivity contribution in [3.63, 3.8) is 0 Å². The van der Waals surface area contributed by atoms with Gasteiger partial charge in [0.05, 0.1) is 5.69 Å². The molecule has 2 heterocycles. The molecule has 1 aliphatic heterocycles. The second kappa shape index (κ2) is 7.07. The number of nitrogens with one attached hydrogen (secondary N) is 1. The van der Waals surface area contributed by atoms with Gasteiger partial charge in [0.25, 0.3) is 0 Å². The highest BCUT2D eigenvalue weighted by atomic mass is 32.1. The normalized spacial score (nSPS) is 28.0. The van der Waals surface area contributed by atoms with Gasteiger partial charge in [-0.2, -0.15) is 0 Å². The summed E-state index contributed by atoms with van der Waals surface area (Å²) >= 11 is 1.77. The monoisotopic (exact) mass is 309 g/mol. The molecule has 4 nitrogen and oxygen atoms in total. The minimum absolute atomic E-state index is 0.373. The molecule has 1 aromatic heterocycles. The second-order valence-electron chi connectivity index (χ2n) is 6.60. The fourth-order valence-electron chi connectivity index (χ4n) is 3.57. The molecule has 0 bridgehead atoms. The van der Waals surface area contributed by atoms with Crippen LogP contribution >= 0.6 is 11.3 Å². The number of nitrogens with zero attached hydrogens (tertiary/aromatic N) is 2. The van der Waals surface area contributed by atoms with Crippen molar-refractivity contribution >= 4 is 16.5 Å². The van der Waals surface area contributed by atoms with Gasteiger partial charge in [-0.05, 0) is 51.4 Å². The molecule has 118 valence electrons. The molecule has 0 unspecified atom stereocenters. The van der Waals surface area contributed by atoms with Crippen molar-refractivity contribution < 1.29 is 5.11 Å². The Morgan fingerprint density at radius 1 is 1.19 bits per heavy atom. The zero-order valence-corrected chi connectivity index (χ0v) is 13.7. The summed E-state index contributed by atoms with van der Waals surface area (Å²) in [6, 6.07) is 1.34. The van der Waals surface area contributed by atoms with Crippen molar-refractivity contribution in [1.29, 1.82) is 0 Å². The van der Waals surface area contributed by atoms with E-state index in [-0.39, 0.29) is 0 Å². The molecule has 0 radical (unpaired) electrons. The van der Waals surface area contributed by atoms with Gasteiger partial charge in [0, 0.05) is 37.2 Å². The van der Waals surface area contributed by atoms with Gasteiger partial charge in [-0.15, -0.1) is 11.3 Å². The summed E-state index contributed by atoms with van der Waals surface area (Å²) in [6.07, 6.45) is 7.28. The molecule has 1 aliphatic carbocycles. The Bertz CT molecular complexity index is 434. The van der Waals surface area contributed by atoms with Gasteiger partial charge in [-0.3, -0.25) is 0 Å². The third kappa shape index (κ3) is 3.96. The number of anilines is 1. The van der Waals surface area contributed by atoms with E-state index < -0.39 is 0 Å². The first-order valence-corrected chi connectivity index (χ1v) is 9.16. The van der Waals surface area contributed by atoms with E-state index in [4.69, 9.17) is 0 Å². The van der Waals surface area contributed by atoms with E-state index in [0.29, 0.717) is 24.6 Å². The number of piperidine rings is 1. The first kappa shape index (κ1) is 15.3. The molecule has 21 heavy (non-hydrogen) atoms. The number of rotatable bonds is 4. The van der Waals surface area contributed by atoms with Crippen LogP contribution in [-0.4, -0.2) is 41.9 Å². The molecule has 3 rings (SSSR count). The van der Waals surface area contributed by atoms with E-state index in [2.05, 4.69) is 27.5 Å². The molecule has 2 aliphatic rings. The molecule has 0 atom stereocenters. The molecule has 0 spiro atoms. The van der Waals surface area contributed by atoms with Crippen LogP contribution in [-0.2, 0) is 0 Å². The third-order valence-corrected chi connectivity index (χ3v) is 5.97. The minimum Gasteiger partial charge on any atom is -0.396 e. The molecule has 2 N–H and O–H groups in total. The number of hydrogen-bond acceptors (Lipinski definition) is 5. The SMILES string of the molecule is Cc1csc(N2CCC(NC3CCC(CO)CC3)CC2)n1. The number of thiazole rings is 1. The largest absolute Gasteiger partial charge is 0.396 e. The zero-order valence-electron chi connectivity index (χ0n) is 12.9. The van der Waals surface area contributed by atoms with E-state index in [1.807, 2.05) is 0 Å². The van der Waals surface area contributed by atoms with Gasteiger partial charge in [-0.25, -0.2) is 4.98 Å². The van der Waals surface area contributed by atoms with Gasteiger partial charge < -0.3 is 15.3 Å². The predicted molar refractivity (Wildman–Crippen MR) is 88.1 cm³/mol. The molecule has 1 aromatic rings. The van der Waals surface area contributed by atoms with Crippen molar-refractivity contribution in [3.05, 3.63) is 11.1 Å². The van der Waals surface area contributed by atoms with Gasteiger partial charge in [-0.1, -0.05) is 0 Å². The lowest BCUT2D eigenvalue weighted by Gasteiger charge is -2.36. The van der Waals surface area contributed by atoms with Crippen LogP contribution in [0.2, 0.25) is 0 Å². The summed E-state index contributed by atoms with van der Waals surface area (Å²) in [6.45, 7) is 4.68. The van der Waals surface area contributed by atoms with Gasteiger partial charge in [0.2, 0.25) is 0 Å². The molecular weight excluding hydrogens is 282 g/mol. The fourth-order valence-corrected chi connectivity index (χ4v) is 4.43. The van der Waals surface area contributed by atoms with Crippen LogP contribution in [0.4, 0.5) is 5.13 Å². The van der Waals surface area contributed by atoms with Gasteiger partial charge in [0.15, 0.2) is 5.13 Å². The van der Waals surface area contributed by atoms with Crippen LogP contribution in [0, 0.1) is 12.8 Å². The quantitative estimate of drug-likeness (QED) is 0.897. The van der Waals surface area contributed by atoms with Crippen molar-refractivity contribution in [2.24, 2.45) is 5.92 Å². The average Bonchev–Trinajstić information content (AvgIpc) is 2.95. The first-order chi connectivity index (χ1) is 10.2. The zero-order chi connectivity index (χ0) is 14.7. The standard InChI is InChI=1S/C16H27N3OS/c1-12-11-21-16(17-12)19-8-6-15(7-9-19)18-14-4-2-13(10-20)3-5-14/h11,13-15,18,20H,2-10H2,1H3. The van der Waals surface area contributed by atoms with E-state index in [0.717, 1.165) is 18.8 Å². The molecule has 0 aromatic carbocycles. The number of aliphatic hydroxyl groups is 1. The summed E-state index contributed by atoms with van der Waals surface area (Å²) < 4.78 is 0. The minimum atomic E-state index is 0.373. The first-order valence-electron chi connectivity index (χ1n) is 8.28. The number of hydrogen-bond donors (Lipinski definition) is 2. The van der Waals surface area contributed by atoms with Gasteiger partial charge >= 0.3 is 0 Å². The lowest BCUT2D eigenvalue weighted by Crippen LogP contribution is -2.47. The molecule has 5 heteroatoms. The Hall–Kier alpha value is -0.650. The Kier molecular flexibility index (Phi) is 5.14. The van der Waals surface area contributed by atoms with Gasteiger partial charge in [0.1, 0.15) is 0 Å². The maximum absolute atomic E-state index is 9.21. The summed E-state index contributed by atoms with van der Waals surface area (Å²) in [4.78, 5) is 7.02. The van der Waals surface area contributed by atoms with Crippen molar-refractivity contribution in [3.8, 4) is 0 Å². The number of aromatic nitrogens is 1. The molecular formula is C16H27N3OS. The van der Waals surface area contributed by atoms with Crippen LogP contribution < -0.4 is 10.2 Å². The highest BCUT2D eigenvalue weighted by Gasteiger charge is 2.26. The van der Waals surface area contributed by atoms with E-state index >= 15 is 0 Å². The van der Waals surface area contributed by atoms with Crippen LogP contribution in [0.25, 0.3) is 0 Å². The van der Waals surface area contributed by atoms with Crippen molar-refractivity contribution in [1.82, 2.24) is 10.3 Å². The highest BCUT2D eigenvalue weighted by Crippen LogP contribution is 2.27. The van der Waals surface area contributed by atoms with Crippen molar-refractivity contribution in [2.75, 3.05) is 24.6 Å². The highest BCUT2D eigenvalue weighted by molar-refractivity contribution is 7.13. The van der Waals surface area contributed by atoms with Crippen molar-refractivity contribution in [2.45, 2.75) is 57.5 Å². The smallest absolute Gasteiger partial charge is 0.185 e. The predicted octanol–water partition coefficient (Wildman–Crippen LogP) is 2.56. The number of aryl methyl sites for hydroxylation is 1. The maximum Gasteiger partial charge on any atom is 0.185 e. The number of aliphatic hydroxyl groups excluding tert-OH is 1. The molecule has 1 saturated heterocycles. The Morgan fingerprint density at radius 2 is 1.86 bits per heavy atom. The third-order valence-electron chi connectivity index (χ3n) is 4.95. The maximum atomic E-state index is 9.21. The Morgan fingerprint density at radius 3 is 2.43 bits per heavy atom. The molecule has 2 fully saturated rings.